The second-order valence-corrected chi connectivity index (χ2v) is 3.72. The van der Waals surface area contributed by atoms with Crippen LogP contribution in [0.4, 0.5) is 0 Å². The first kappa shape index (κ1) is 12.2. The molecule has 0 aliphatic heterocycles. The van der Waals surface area contributed by atoms with Crippen LogP contribution in [-0.4, -0.2) is 25.7 Å². The summed E-state index contributed by atoms with van der Waals surface area (Å²) >= 11 is 1.58. The van der Waals surface area contributed by atoms with Crippen LogP contribution in [-0.2, 0) is 6.54 Å². The molecule has 0 aromatic heterocycles. The molecule has 1 aromatic carbocycles. The van der Waals surface area contributed by atoms with Gasteiger partial charge in [0, 0.05) is 6.54 Å². The molecule has 0 heterocycles. The van der Waals surface area contributed by atoms with Gasteiger partial charge in [-0.2, -0.15) is 0 Å². The molecule has 1 aromatic rings. The van der Waals surface area contributed by atoms with Crippen LogP contribution in [0.5, 0.6) is 11.5 Å². The summed E-state index contributed by atoms with van der Waals surface area (Å²) in [6.45, 7) is 0.383. The fraction of sp³-hybridized carbons (Fsp3) is 0.400. The molecule has 0 unspecified atom stereocenters. The zero-order chi connectivity index (χ0) is 11.3. The maximum Gasteiger partial charge on any atom is 0.174 e. The number of benzene rings is 1. The number of rotatable bonds is 5. The molecule has 1 rings (SSSR count). The number of thioether (sulfide) groups is 1. The van der Waals surface area contributed by atoms with Crippen molar-refractivity contribution in [2.75, 3.05) is 20.5 Å². The second kappa shape index (κ2) is 5.85. The Bertz CT molecular complexity index is 305. The molecule has 0 fully saturated rings. The van der Waals surface area contributed by atoms with Crippen molar-refractivity contribution in [2.45, 2.75) is 11.4 Å². The summed E-state index contributed by atoms with van der Waals surface area (Å²) in [4.78, 5) is 0.988. The van der Waals surface area contributed by atoms with Crippen molar-refractivity contribution in [3.05, 3.63) is 17.7 Å². The van der Waals surface area contributed by atoms with Crippen LogP contribution in [0.2, 0.25) is 0 Å². The van der Waals surface area contributed by atoms with E-state index in [1.807, 2.05) is 18.4 Å². The van der Waals surface area contributed by atoms with Crippen molar-refractivity contribution >= 4 is 11.8 Å². The molecule has 0 radical (unpaired) electrons. The molecule has 5 heteroatoms. The molecule has 0 bridgehead atoms. The summed E-state index contributed by atoms with van der Waals surface area (Å²) in [5, 5.41) is 8.64. The lowest BCUT2D eigenvalue weighted by Crippen LogP contribution is -2.06. The van der Waals surface area contributed by atoms with Crippen LogP contribution in [0.25, 0.3) is 0 Å². The van der Waals surface area contributed by atoms with Gasteiger partial charge in [0.25, 0.3) is 0 Å². The molecule has 2 N–H and O–H groups in total. The van der Waals surface area contributed by atoms with Gasteiger partial charge in [-0.1, -0.05) is 0 Å². The van der Waals surface area contributed by atoms with Crippen molar-refractivity contribution in [3.63, 3.8) is 0 Å². The van der Waals surface area contributed by atoms with Crippen molar-refractivity contribution in [1.29, 1.82) is 0 Å². The Morgan fingerprint density at radius 2 is 2.07 bits per heavy atom. The summed E-state index contributed by atoms with van der Waals surface area (Å²) < 4.78 is 10.5. The van der Waals surface area contributed by atoms with Gasteiger partial charge in [-0.3, -0.25) is 0 Å². The molecular formula is C10H15NO3S. The van der Waals surface area contributed by atoms with E-state index in [2.05, 4.69) is 5.48 Å². The monoisotopic (exact) mass is 229 g/mol. The molecule has 15 heavy (non-hydrogen) atoms. The van der Waals surface area contributed by atoms with E-state index in [4.69, 9.17) is 14.7 Å². The minimum atomic E-state index is 0.383. The normalized spacial score (nSPS) is 10.1. The van der Waals surface area contributed by atoms with Gasteiger partial charge in [0.1, 0.15) is 0 Å². The van der Waals surface area contributed by atoms with E-state index >= 15 is 0 Å². The molecule has 0 spiro atoms. The van der Waals surface area contributed by atoms with Crippen LogP contribution in [0, 0.1) is 0 Å². The van der Waals surface area contributed by atoms with Crippen LogP contribution in [0.15, 0.2) is 17.0 Å². The fourth-order valence-corrected chi connectivity index (χ4v) is 1.97. The molecular weight excluding hydrogens is 214 g/mol. The van der Waals surface area contributed by atoms with Gasteiger partial charge in [-0.15, -0.1) is 11.8 Å². The third-order valence-corrected chi connectivity index (χ3v) is 2.75. The van der Waals surface area contributed by atoms with Crippen LogP contribution >= 0.6 is 11.8 Å². The van der Waals surface area contributed by atoms with Gasteiger partial charge in [0.15, 0.2) is 11.5 Å². The summed E-state index contributed by atoms with van der Waals surface area (Å²) in [6, 6.07) is 3.79. The van der Waals surface area contributed by atoms with E-state index in [-0.39, 0.29) is 0 Å². The van der Waals surface area contributed by atoms with E-state index < -0.39 is 0 Å². The topological polar surface area (TPSA) is 50.7 Å². The van der Waals surface area contributed by atoms with Gasteiger partial charge in [-0.25, -0.2) is 5.48 Å². The number of hydrogen-bond donors (Lipinski definition) is 2. The van der Waals surface area contributed by atoms with E-state index in [1.54, 1.807) is 26.0 Å². The zero-order valence-corrected chi connectivity index (χ0v) is 9.85. The molecule has 4 nitrogen and oxygen atoms in total. The van der Waals surface area contributed by atoms with Crippen molar-refractivity contribution in [1.82, 2.24) is 5.48 Å². The quantitative estimate of drug-likeness (QED) is 0.596. The molecule has 0 saturated carbocycles. The Labute approximate surface area is 93.5 Å². The molecule has 0 aliphatic rings. The zero-order valence-electron chi connectivity index (χ0n) is 9.03. The Morgan fingerprint density at radius 3 is 2.53 bits per heavy atom. The first-order valence-electron chi connectivity index (χ1n) is 4.42. The standard InChI is InChI=1S/C10H15NO3S/c1-13-8-4-7(6-11-12)5-9(15-3)10(8)14-2/h4-5,11-12H,6H2,1-3H3. The Kier molecular flexibility index (Phi) is 4.74. The van der Waals surface area contributed by atoms with E-state index in [9.17, 15) is 0 Å². The van der Waals surface area contributed by atoms with Gasteiger partial charge < -0.3 is 14.7 Å². The van der Waals surface area contributed by atoms with Gasteiger partial charge in [-0.05, 0) is 24.0 Å². The van der Waals surface area contributed by atoms with Crippen LogP contribution in [0.3, 0.4) is 0 Å². The SMILES string of the molecule is COc1cc(CNO)cc(SC)c1OC. The fourth-order valence-electron chi connectivity index (χ4n) is 1.33. The maximum atomic E-state index is 8.64. The largest absolute Gasteiger partial charge is 0.493 e. The third-order valence-electron chi connectivity index (χ3n) is 2.01. The average Bonchev–Trinajstić information content (AvgIpc) is 2.28. The first-order valence-corrected chi connectivity index (χ1v) is 5.65. The van der Waals surface area contributed by atoms with E-state index in [0.29, 0.717) is 12.3 Å². The van der Waals surface area contributed by atoms with Gasteiger partial charge >= 0.3 is 0 Å². The van der Waals surface area contributed by atoms with Crippen molar-refractivity contribution in [3.8, 4) is 11.5 Å². The Hall–Kier alpha value is -0.910. The first-order chi connectivity index (χ1) is 7.26. The highest BCUT2D eigenvalue weighted by molar-refractivity contribution is 7.98. The number of methoxy groups -OCH3 is 2. The predicted octanol–water partition coefficient (Wildman–Crippen LogP) is 1.90. The molecule has 84 valence electrons. The van der Waals surface area contributed by atoms with Crippen LogP contribution in [0.1, 0.15) is 5.56 Å². The second-order valence-electron chi connectivity index (χ2n) is 2.87. The average molecular weight is 229 g/mol. The maximum absolute atomic E-state index is 8.64. The highest BCUT2D eigenvalue weighted by Gasteiger charge is 2.11. The van der Waals surface area contributed by atoms with Crippen molar-refractivity contribution < 1.29 is 14.7 Å². The predicted molar refractivity (Wildman–Crippen MR) is 60.0 cm³/mol. The lowest BCUT2D eigenvalue weighted by atomic mass is 10.2. The molecule has 0 amide bonds. The molecule has 0 atom stereocenters. The number of hydrogen-bond acceptors (Lipinski definition) is 5. The molecule has 0 saturated heterocycles. The Morgan fingerprint density at radius 1 is 1.33 bits per heavy atom. The van der Waals surface area contributed by atoms with E-state index in [1.165, 1.54) is 0 Å². The van der Waals surface area contributed by atoms with Gasteiger partial charge in [0.05, 0.1) is 19.1 Å². The number of nitrogens with one attached hydrogen (secondary N) is 1. The lowest BCUT2D eigenvalue weighted by molar-refractivity contribution is 0.161. The number of ether oxygens (including phenoxy) is 2. The summed E-state index contributed by atoms with van der Waals surface area (Å²) in [6.07, 6.45) is 1.97. The highest BCUT2D eigenvalue weighted by atomic mass is 32.2. The van der Waals surface area contributed by atoms with Crippen LogP contribution < -0.4 is 15.0 Å². The lowest BCUT2D eigenvalue weighted by Gasteiger charge is -2.13. The summed E-state index contributed by atoms with van der Waals surface area (Å²) in [7, 11) is 3.21. The molecule has 0 aliphatic carbocycles. The summed E-state index contributed by atoms with van der Waals surface area (Å²) in [5.41, 5.74) is 3.06. The Balaban J connectivity index is 3.16. The summed E-state index contributed by atoms with van der Waals surface area (Å²) in [5.74, 6) is 1.40. The smallest absolute Gasteiger partial charge is 0.174 e. The van der Waals surface area contributed by atoms with E-state index in [0.717, 1.165) is 16.2 Å². The van der Waals surface area contributed by atoms with Gasteiger partial charge in [0.2, 0.25) is 0 Å². The number of hydroxylamine groups is 1. The highest BCUT2D eigenvalue weighted by Crippen LogP contribution is 2.37. The third kappa shape index (κ3) is 2.77. The minimum Gasteiger partial charge on any atom is -0.493 e. The van der Waals surface area contributed by atoms with Crippen molar-refractivity contribution in [2.24, 2.45) is 0 Å². The minimum absolute atomic E-state index is 0.383.